The highest BCUT2D eigenvalue weighted by atomic mass is 35.5. The molecule has 5 nitrogen and oxygen atoms in total. The molecule has 1 N–H and O–H groups in total. The molecule has 3 aromatic rings. The van der Waals surface area contributed by atoms with Gasteiger partial charge in [-0.05, 0) is 47.4 Å². The number of ether oxygens (including phenoxy) is 1. The summed E-state index contributed by atoms with van der Waals surface area (Å²) in [5, 5.41) is 3.90. The predicted octanol–water partition coefficient (Wildman–Crippen LogP) is 6.79. The number of unbranched alkanes of at least 4 members (excludes halogenated alkanes) is 1. The number of hydrogen-bond acceptors (Lipinski definition) is 4. The van der Waals surface area contributed by atoms with Crippen LogP contribution in [-0.2, 0) is 28.3 Å². The van der Waals surface area contributed by atoms with E-state index in [1.807, 2.05) is 60.7 Å². The Morgan fingerprint density at radius 2 is 1.66 bits per heavy atom. The standard InChI is InChI=1S/C30H34Cl2N2O3S/c1-3-4-16-33-30(36)28(18-22-8-6-5-7-9-22)34(19-24-12-15-26(31)27(32)17-24)29(35)21-38-20-23-10-13-25(37-2)14-11-23/h5-15,17,28H,3-4,16,18-21H2,1-2H3,(H,33,36)/t28-/m0/s1. The minimum absolute atomic E-state index is 0.110. The van der Waals surface area contributed by atoms with Crippen molar-refractivity contribution in [3.63, 3.8) is 0 Å². The first-order valence-corrected chi connectivity index (χ1v) is 14.6. The van der Waals surface area contributed by atoms with Gasteiger partial charge < -0.3 is 15.0 Å². The van der Waals surface area contributed by atoms with E-state index < -0.39 is 6.04 Å². The van der Waals surface area contributed by atoms with Crippen molar-refractivity contribution in [1.29, 1.82) is 0 Å². The van der Waals surface area contributed by atoms with Gasteiger partial charge in [0.2, 0.25) is 11.8 Å². The van der Waals surface area contributed by atoms with Crippen LogP contribution in [0, 0.1) is 0 Å². The minimum Gasteiger partial charge on any atom is -0.497 e. The van der Waals surface area contributed by atoms with Crippen LogP contribution in [0.2, 0.25) is 10.0 Å². The SMILES string of the molecule is CCCCNC(=O)[C@H](Cc1ccccc1)N(Cc1ccc(Cl)c(Cl)c1)C(=O)CSCc1ccc(OC)cc1. The van der Waals surface area contributed by atoms with Crippen LogP contribution in [-0.4, -0.2) is 42.2 Å². The first-order valence-electron chi connectivity index (χ1n) is 12.7. The molecule has 1 atom stereocenters. The maximum absolute atomic E-state index is 13.7. The molecule has 3 rings (SSSR count). The molecule has 0 fully saturated rings. The maximum Gasteiger partial charge on any atom is 0.243 e. The van der Waals surface area contributed by atoms with E-state index in [-0.39, 0.29) is 24.1 Å². The molecular formula is C30H34Cl2N2O3S. The highest BCUT2D eigenvalue weighted by Crippen LogP contribution is 2.25. The van der Waals surface area contributed by atoms with Gasteiger partial charge in [0, 0.05) is 25.3 Å². The summed E-state index contributed by atoms with van der Waals surface area (Å²) in [4.78, 5) is 28.8. The summed E-state index contributed by atoms with van der Waals surface area (Å²) >= 11 is 13.9. The van der Waals surface area contributed by atoms with Crippen molar-refractivity contribution in [2.75, 3.05) is 19.4 Å². The van der Waals surface area contributed by atoms with Crippen LogP contribution >= 0.6 is 35.0 Å². The van der Waals surface area contributed by atoms with E-state index in [9.17, 15) is 9.59 Å². The normalized spacial score (nSPS) is 11.6. The second-order valence-corrected chi connectivity index (χ2v) is 10.8. The third kappa shape index (κ3) is 9.26. The molecule has 0 unspecified atom stereocenters. The smallest absolute Gasteiger partial charge is 0.243 e. The number of carbonyl (C=O) groups is 2. The molecule has 0 aromatic heterocycles. The van der Waals surface area contributed by atoms with Gasteiger partial charge in [-0.15, -0.1) is 11.8 Å². The van der Waals surface area contributed by atoms with Gasteiger partial charge in [-0.1, -0.05) is 85.1 Å². The molecule has 0 saturated carbocycles. The average Bonchev–Trinajstić information content (AvgIpc) is 2.93. The largest absolute Gasteiger partial charge is 0.497 e. The van der Waals surface area contributed by atoms with E-state index >= 15 is 0 Å². The number of benzene rings is 3. The van der Waals surface area contributed by atoms with Crippen molar-refractivity contribution in [2.45, 2.75) is 44.5 Å². The van der Waals surface area contributed by atoms with Gasteiger partial charge in [-0.2, -0.15) is 0 Å². The van der Waals surface area contributed by atoms with Gasteiger partial charge in [-0.25, -0.2) is 0 Å². The number of thioether (sulfide) groups is 1. The van der Waals surface area contributed by atoms with Crippen molar-refractivity contribution in [1.82, 2.24) is 10.2 Å². The van der Waals surface area contributed by atoms with Crippen molar-refractivity contribution < 1.29 is 14.3 Å². The lowest BCUT2D eigenvalue weighted by Crippen LogP contribution is -2.51. The van der Waals surface area contributed by atoms with E-state index in [4.69, 9.17) is 27.9 Å². The lowest BCUT2D eigenvalue weighted by molar-refractivity contribution is -0.139. The van der Waals surface area contributed by atoms with Gasteiger partial charge in [0.25, 0.3) is 0 Å². The molecule has 0 aliphatic carbocycles. The van der Waals surface area contributed by atoms with Crippen LogP contribution in [0.3, 0.4) is 0 Å². The number of carbonyl (C=O) groups excluding carboxylic acids is 2. The number of nitrogens with one attached hydrogen (secondary N) is 1. The molecule has 3 aromatic carbocycles. The molecule has 2 amide bonds. The van der Waals surface area contributed by atoms with Gasteiger partial charge in [-0.3, -0.25) is 9.59 Å². The van der Waals surface area contributed by atoms with Gasteiger partial charge >= 0.3 is 0 Å². The Labute approximate surface area is 239 Å². The topological polar surface area (TPSA) is 58.6 Å². The zero-order chi connectivity index (χ0) is 27.3. The second-order valence-electron chi connectivity index (χ2n) is 8.96. The summed E-state index contributed by atoms with van der Waals surface area (Å²) in [6.07, 6.45) is 2.26. The Morgan fingerprint density at radius 3 is 2.32 bits per heavy atom. The number of rotatable bonds is 14. The molecule has 8 heteroatoms. The Balaban J connectivity index is 1.83. The zero-order valence-corrected chi connectivity index (χ0v) is 24.1. The molecule has 0 heterocycles. The number of hydrogen-bond donors (Lipinski definition) is 1. The maximum atomic E-state index is 13.7. The number of amides is 2. The molecule has 0 bridgehead atoms. The van der Waals surface area contributed by atoms with Gasteiger partial charge in [0.15, 0.2) is 0 Å². The van der Waals surface area contributed by atoms with E-state index in [0.717, 1.165) is 35.3 Å². The second kappa shape index (κ2) is 15.7. The monoisotopic (exact) mass is 572 g/mol. The number of methoxy groups -OCH3 is 1. The number of nitrogens with zero attached hydrogens (tertiary/aromatic N) is 1. The molecule has 202 valence electrons. The van der Waals surface area contributed by atoms with E-state index in [2.05, 4.69) is 12.2 Å². The first kappa shape index (κ1) is 29.9. The van der Waals surface area contributed by atoms with E-state index in [1.54, 1.807) is 24.1 Å². The summed E-state index contributed by atoms with van der Waals surface area (Å²) in [5.74, 6) is 1.43. The lowest BCUT2D eigenvalue weighted by atomic mass is 10.0. The lowest BCUT2D eigenvalue weighted by Gasteiger charge is -2.31. The summed E-state index contributed by atoms with van der Waals surface area (Å²) < 4.78 is 5.23. The van der Waals surface area contributed by atoms with Gasteiger partial charge in [0.05, 0.1) is 22.9 Å². The van der Waals surface area contributed by atoms with Crippen LogP contribution in [0.1, 0.15) is 36.5 Å². The van der Waals surface area contributed by atoms with Crippen LogP contribution < -0.4 is 10.1 Å². The molecular weight excluding hydrogens is 539 g/mol. The third-order valence-corrected chi connectivity index (χ3v) is 7.82. The molecule has 0 spiro atoms. The van der Waals surface area contributed by atoms with Crippen molar-refractivity contribution >= 4 is 46.8 Å². The van der Waals surface area contributed by atoms with E-state index in [0.29, 0.717) is 28.8 Å². The molecule has 0 aliphatic heterocycles. The molecule has 0 saturated heterocycles. The fraction of sp³-hybridized carbons (Fsp3) is 0.333. The quantitative estimate of drug-likeness (QED) is 0.216. The first-order chi connectivity index (χ1) is 18.4. The Kier molecular flexibility index (Phi) is 12.3. The van der Waals surface area contributed by atoms with Crippen LogP contribution in [0.4, 0.5) is 0 Å². The van der Waals surface area contributed by atoms with Crippen molar-refractivity contribution in [3.8, 4) is 5.75 Å². The highest BCUT2D eigenvalue weighted by Gasteiger charge is 2.30. The van der Waals surface area contributed by atoms with Crippen molar-refractivity contribution in [3.05, 3.63) is 99.5 Å². The minimum atomic E-state index is -0.669. The van der Waals surface area contributed by atoms with Gasteiger partial charge in [0.1, 0.15) is 11.8 Å². The van der Waals surface area contributed by atoms with Crippen LogP contribution in [0.25, 0.3) is 0 Å². The fourth-order valence-corrected chi connectivity index (χ4v) is 5.15. The summed E-state index contributed by atoms with van der Waals surface area (Å²) in [6.45, 7) is 2.90. The summed E-state index contributed by atoms with van der Waals surface area (Å²) in [6, 6.07) is 22.2. The zero-order valence-electron chi connectivity index (χ0n) is 21.8. The number of halogens is 2. The highest BCUT2D eigenvalue weighted by molar-refractivity contribution is 7.99. The summed E-state index contributed by atoms with van der Waals surface area (Å²) in [7, 11) is 1.63. The fourth-order valence-electron chi connectivity index (χ4n) is 3.96. The molecule has 0 radical (unpaired) electrons. The Bertz CT molecular complexity index is 1180. The third-order valence-electron chi connectivity index (χ3n) is 6.09. The Hall–Kier alpha value is -2.67. The van der Waals surface area contributed by atoms with Crippen molar-refractivity contribution in [2.24, 2.45) is 0 Å². The average molecular weight is 574 g/mol. The molecule has 38 heavy (non-hydrogen) atoms. The van der Waals surface area contributed by atoms with Crippen LogP contribution in [0.5, 0.6) is 5.75 Å². The van der Waals surface area contributed by atoms with Crippen LogP contribution in [0.15, 0.2) is 72.8 Å². The van der Waals surface area contributed by atoms with E-state index in [1.165, 1.54) is 11.8 Å². The molecule has 0 aliphatic rings. The Morgan fingerprint density at radius 1 is 0.947 bits per heavy atom. The summed E-state index contributed by atoms with van der Waals surface area (Å²) in [5.41, 5.74) is 2.89. The predicted molar refractivity (Wildman–Crippen MR) is 158 cm³/mol.